The van der Waals surface area contributed by atoms with Gasteiger partial charge in [0.15, 0.2) is 5.82 Å². The van der Waals surface area contributed by atoms with Gasteiger partial charge in [0.1, 0.15) is 6.07 Å². The molecule has 3 N–H and O–H groups in total. The molecule has 2 heterocycles. The third kappa shape index (κ3) is 2.49. The number of hydrogen-bond donors (Lipinski definition) is 2. The lowest BCUT2D eigenvalue weighted by molar-refractivity contribution is 1.09. The van der Waals surface area contributed by atoms with Crippen molar-refractivity contribution in [1.29, 1.82) is 5.26 Å². The van der Waals surface area contributed by atoms with Gasteiger partial charge < -0.3 is 11.1 Å². The van der Waals surface area contributed by atoms with Crippen LogP contribution in [0, 0.1) is 11.3 Å². The van der Waals surface area contributed by atoms with Crippen LogP contribution in [0.15, 0.2) is 36.8 Å². The first-order valence-corrected chi connectivity index (χ1v) is 5.08. The SMILES string of the molecule is N#Cc1ccnc(NCc2cccnc2)c1N. The van der Waals surface area contributed by atoms with Crippen molar-refractivity contribution in [3.8, 4) is 6.07 Å². The summed E-state index contributed by atoms with van der Waals surface area (Å²) in [5.74, 6) is 0.521. The second-order valence-electron chi connectivity index (χ2n) is 3.45. The lowest BCUT2D eigenvalue weighted by Crippen LogP contribution is -2.05. The largest absolute Gasteiger partial charge is 0.395 e. The van der Waals surface area contributed by atoms with Crippen molar-refractivity contribution >= 4 is 11.5 Å². The Morgan fingerprint density at radius 3 is 2.94 bits per heavy atom. The van der Waals surface area contributed by atoms with E-state index in [-0.39, 0.29) is 0 Å². The van der Waals surface area contributed by atoms with Gasteiger partial charge in [-0.25, -0.2) is 4.98 Å². The predicted octanol–water partition coefficient (Wildman–Crippen LogP) is 1.54. The molecule has 0 atom stereocenters. The molecular weight excluding hydrogens is 214 g/mol. The molecule has 0 aromatic carbocycles. The molecule has 0 aliphatic carbocycles. The van der Waals surface area contributed by atoms with Crippen molar-refractivity contribution in [2.24, 2.45) is 0 Å². The van der Waals surface area contributed by atoms with E-state index in [9.17, 15) is 0 Å². The molecule has 0 aliphatic heterocycles. The Kier molecular flexibility index (Phi) is 3.17. The van der Waals surface area contributed by atoms with Gasteiger partial charge in [0.25, 0.3) is 0 Å². The van der Waals surface area contributed by atoms with E-state index in [0.717, 1.165) is 5.56 Å². The van der Waals surface area contributed by atoms with Crippen LogP contribution in [0.25, 0.3) is 0 Å². The molecule has 17 heavy (non-hydrogen) atoms. The fourth-order valence-electron chi connectivity index (χ4n) is 1.40. The molecule has 0 radical (unpaired) electrons. The lowest BCUT2D eigenvalue weighted by Gasteiger charge is -2.08. The van der Waals surface area contributed by atoms with Gasteiger partial charge in [0.05, 0.1) is 11.3 Å². The van der Waals surface area contributed by atoms with E-state index in [2.05, 4.69) is 15.3 Å². The molecule has 5 heteroatoms. The third-order valence-corrected chi connectivity index (χ3v) is 2.29. The van der Waals surface area contributed by atoms with Gasteiger partial charge in [-0.1, -0.05) is 6.07 Å². The topological polar surface area (TPSA) is 87.6 Å². The van der Waals surface area contributed by atoms with Gasteiger partial charge in [0.2, 0.25) is 0 Å². The van der Waals surface area contributed by atoms with Gasteiger partial charge in [-0.05, 0) is 17.7 Å². The summed E-state index contributed by atoms with van der Waals surface area (Å²) in [7, 11) is 0. The third-order valence-electron chi connectivity index (χ3n) is 2.29. The summed E-state index contributed by atoms with van der Waals surface area (Å²) in [5.41, 5.74) is 7.62. The van der Waals surface area contributed by atoms with Crippen LogP contribution in [0.3, 0.4) is 0 Å². The number of nitrogens with two attached hydrogens (primary N) is 1. The summed E-state index contributed by atoms with van der Waals surface area (Å²) in [6.45, 7) is 0.569. The van der Waals surface area contributed by atoms with Crippen molar-refractivity contribution in [2.45, 2.75) is 6.54 Å². The van der Waals surface area contributed by atoms with Crippen LogP contribution in [-0.2, 0) is 6.54 Å². The Morgan fingerprint density at radius 2 is 2.24 bits per heavy atom. The quantitative estimate of drug-likeness (QED) is 0.827. The molecule has 0 unspecified atom stereocenters. The van der Waals surface area contributed by atoms with Gasteiger partial charge in [-0.2, -0.15) is 5.26 Å². The van der Waals surface area contributed by atoms with E-state index in [4.69, 9.17) is 11.0 Å². The maximum atomic E-state index is 8.83. The van der Waals surface area contributed by atoms with Gasteiger partial charge in [-0.15, -0.1) is 0 Å². The lowest BCUT2D eigenvalue weighted by atomic mass is 10.2. The fraction of sp³-hybridized carbons (Fsp3) is 0.0833. The fourth-order valence-corrected chi connectivity index (χ4v) is 1.40. The standard InChI is InChI=1S/C12H11N5/c13-6-10-3-5-16-12(11(10)14)17-8-9-2-1-4-15-7-9/h1-5,7H,8,14H2,(H,16,17). The van der Waals surface area contributed by atoms with E-state index in [1.165, 1.54) is 0 Å². The molecular formula is C12H11N5. The Morgan fingerprint density at radius 1 is 1.35 bits per heavy atom. The Labute approximate surface area is 98.9 Å². The monoisotopic (exact) mass is 225 g/mol. The van der Waals surface area contributed by atoms with Crippen LogP contribution in [-0.4, -0.2) is 9.97 Å². The average Bonchev–Trinajstić information content (AvgIpc) is 2.39. The number of pyridine rings is 2. The van der Waals surface area contributed by atoms with Crippen molar-refractivity contribution in [3.05, 3.63) is 47.9 Å². The van der Waals surface area contributed by atoms with Crippen LogP contribution >= 0.6 is 0 Å². The van der Waals surface area contributed by atoms with E-state index >= 15 is 0 Å². The number of nitrogens with one attached hydrogen (secondary N) is 1. The zero-order valence-electron chi connectivity index (χ0n) is 9.09. The van der Waals surface area contributed by atoms with Crippen LogP contribution in [0.1, 0.15) is 11.1 Å². The number of nitrogens with zero attached hydrogens (tertiary/aromatic N) is 3. The number of aromatic nitrogens is 2. The second-order valence-corrected chi connectivity index (χ2v) is 3.45. The normalized spacial score (nSPS) is 9.59. The van der Waals surface area contributed by atoms with Crippen molar-refractivity contribution in [2.75, 3.05) is 11.1 Å². The summed E-state index contributed by atoms with van der Waals surface area (Å²) in [6.07, 6.45) is 5.03. The summed E-state index contributed by atoms with van der Waals surface area (Å²) in [4.78, 5) is 8.10. The Bertz CT molecular complexity index is 545. The van der Waals surface area contributed by atoms with Crippen LogP contribution in [0.5, 0.6) is 0 Å². The maximum Gasteiger partial charge on any atom is 0.150 e. The molecule has 0 amide bonds. The number of anilines is 2. The molecule has 2 rings (SSSR count). The molecule has 84 valence electrons. The van der Waals surface area contributed by atoms with Crippen LogP contribution in [0.2, 0.25) is 0 Å². The van der Waals surface area contributed by atoms with Crippen molar-refractivity contribution in [1.82, 2.24) is 9.97 Å². The number of nitrogen functional groups attached to an aromatic ring is 1. The molecule has 0 saturated carbocycles. The molecule has 2 aromatic rings. The highest BCUT2D eigenvalue weighted by molar-refractivity contribution is 5.68. The highest BCUT2D eigenvalue weighted by atomic mass is 15.0. The zero-order chi connectivity index (χ0) is 12.1. The second kappa shape index (κ2) is 4.94. The predicted molar refractivity (Wildman–Crippen MR) is 64.9 cm³/mol. The summed E-state index contributed by atoms with van der Waals surface area (Å²) in [6, 6.07) is 7.41. The minimum atomic E-state index is 0.374. The first-order chi connectivity index (χ1) is 8.31. The van der Waals surface area contributed by atoms with Gasteiger partial charge in [0, 0.05) is 25.1 Å². The summed E-state index contributed by atoms with van der Waals surface area (Å²) < 4.78 is 0. The highest BCUT2D eigenvalue weighted by Gasteiger charge is 2.05. The van der Waals surface area contributed by atoms with E-state index in [1.807, 2.05) is 18.2 Å². The van der Waals surface area contributed by atoms with E-state index < -0.39 is 0 Å². The molecule has 0 bridgehead atoms. The smallest absolute Gasteiger partial charge is 0.150 e. The van der Waals surface area contributed by atoms with Crippen molar-refractivity contribution < 1.29 is 0 Å². The van der Waals surface area contributed by atoms with E-state index in [0.29, 0.717) is 23.6 Å². The minimum absolute atomic E-state index is 0.374. The highest BCUT2D eigenvalue weighted by Crippen LogP contribution is 2.19. The number of rotatable bonds is 3. The van der Waals surface area contributed by atoms with Gasteiger partial charge in [-0.3, -0.25) is 4.98 Å². The molecule has 0 fully saturated rings. The van der Waals surface area contributed by atoms with Crippen molar-refractivity contribution in [3.63, 3.8) is 0 Å². The molecule has 0 spiro atoms. The molecule has 0 aliphatic rings. The Hall–Kier alpha value is -2.61. The van der Waals surface area contributed by atoms with Crippen LogP contribution < -0.4 is 11.1 Å². The maximum absolute atomic E-state index is 8.83. The summed E-state index contributed by atoms with van der Waals surface area (Å²) in [5, 5.41) is 11.9. The molecule has 5 nitrogen and oxygen atoms in total. The van der Waals surface area contributed by atoms with E-state index in [1.54, 1.807) is 24.7 Å². The summed E-state index contributed by atoms with van der Waals surface area (Å²) >= 11 is 0. The number of hydrogen-bond acceptors (Lipinski definition) is 5. The van der Waals surface area contributed by atoms with Crippen LogP contribution in [0.4, 0.5) is 11.5 Å². The zero-order valence-corrected chi connectivity index (χ0v) is 9.09. The number of nitriles is 1. The molecule has 0 saturated heterocycles. The average molecular weight is 225 g/mol. The van der Waals surface area contributed by atoms with Gasteiger partial charge >= 0.3 is 0 Å². The first-order valence-electron chi connectivity index (χ1n) is 5.08. The first kappa shape index (κ1) is 10.9. The Balaban J connectivity index is 2.13. The molecule has 2 aromatic heterocycles. The minimum Gasteiger partial charge on any atom is -0.395 e.